The maximum Gasteiger partial charge on any atom is 0.134 e. The summed E-state index contributed by atoms with van der Waals surface area (Å²) >= 11 is 0. The number of ketones is 1. The number of hydrogen-bond acceptors (Lipinski definition) is 1. The van der Waals surface area contributed by atoms with Crippen molar-refractivity contribution in [1.82, 2.24) is 0 Å². The highest BCUT2D eigenvalue weighted by Gasteiger charge is 2.35. The topological polar surface area (TPSA) is 17.1 Å². The molecule has 1 aliphatic rings. The second kappa shape index (κ2) is 9.92. The molecule has 1 fully saturated rings. The van der Waals surface area contributed by atoms with Crippen molar-refractivity contribution in [2.24, 2.45) is 0 Å². The number of hydrogen-bond donors (Lipinski definition) is 0. The number of benzene rings is 4. The fraction of sp³-hybridized carbons (Fsp3) is 0.242. The van der Waals surface area contributed by atoms with Crippen molar-refractivity contribution < 1.29 is 4.79 Å². The molecule has 2 atom stereocenters. The van der Waals surface area contributed by atoms with Gasteiger partial charge in [0, 0.05) is 18.5 Å². The third kappa shape index (κ3) is 4.51. The van der Waals surface area contributed by atoms with Crippen LogP contribution in [-0.4, -0.2) is 11.9 Å². The van der Waals surface area contributed by atoms with Gasteiger partial charge in [-0.05, 0) is 89.2 Å². The average molecular weight is 477 g/mol. The van der Waals surface area contributed by atoms with Crippen LogP contribution in [0.5, 0.6) is 0 Å². The molecule has 0 saturated carbocycles. The van der Waals surface area contributed by atoms with Gasteiger partial charge in [-0.1, -0.05) is 92.9 Å². The molecule has 0 amide bonds. The first-order valence-electron chi connectivity index (χ1n) is 12.5. The van der Waals surface area contributed by atoms with Crippen LogP contribution in [0.15, 0.2) is 84.9 Å². The molecule has 0 N–H and O–H groups in total. The largest absolute Gasteiger partial charge is 0.300 e. The van der Waals surface area contributed by atoms with E-state index in [1.165, 1.54) is 55.4 Å². The van der Waals surface area contributed by atoms with E-state index >= 15 is 0 Å². The Morgan fingerprint density at radius 2 is 1.11 bits per heavy atom. The van der Waals surface area contributed by atoms with E-state index in [-0.39, 0.29) is 5.66 Å². The summed E-state index contributed by atoms with van der Waals surface area (Å²) in [6.07, 6.45) is 2.28. The molecular formula is C33H33OP. The quantitative estimate of drug-likeness (QED) is 0.270. The summed E-state index contributed by atoms with van der Waals surface area (Å²) in [5.41, 5.74) is 12.2. The highest BCUT2D eigenvalue weighted by Crippen LogP contribution is 2.58. The Labute approximate surface area is 211 Å². The minimum Gasteiger partial charge on any atom is -0.300 e. The van der Waals surface area contributed by atoms with Crippen LogP contribution in [0.4, 0.5) is 0 Å². The summed E-state index contributed by atoms with van der Waals surface area (Å²) in [6.45, 7) is 8.91. The van der Waals surface area contributed by atoms with Gasteiger partial charge in [0.05, 0.1) is 0 Å². The smallest absolute Gasteiger partial charge is 0.134 e. The van der Waals surface area contributed by atoms with Crippen LogP contribution >= 0.6 is 7.92 Å². The second-order valence-electron chi connectivity index (χ2n) is 9.85. The molecule has 4 aromatic rings. The van der Waals surface area contributed by atoms with Crippen molar-refractivity contribution in [1.29, 1.82) is 0 Å². The van der Waals surface area contributed by atoms with E-state index in [1.807, 2.05) is 0 Å². The lowest BCUT2D eigenvalue weighted by atomic mass is 9.90. The van der Waals surface area contributed by atoms with Crippen LogP contribution in [0, 0.1) is 27.7 Å². The van der Waals surface area contributed by atoms with Gasteiger partial charge in [-0.15, -0.1) is 0 Å². The molecule has 1 saturated heterocycles. The lowest BCUT2D eigenvalue weighted by Gasteiger charge is -2.35. The van der Waals surface area contributed by atoms with E-state index in [1.54, 1.807) is 0 Å². The Morgan fingerprint density at radius 3 is 1.63 bits per heavy atom. The molecule has 2 unspecified atom stereocenters. The third-order valence-electron chi connectivity index (χ3n) is 7.44. The van der Waals surface area contributed by atoms with Crippen LogP contribution < -0.4 is 5.30 Å². The van der Waals surface area contributed by atoms with Gasteiger partial charge in [-0.25, -0.2) is 0 Å². The SMILES string of the molecule is Cc1cccc(C)c1-c1cccc(-c2c(C)cccc2C)c1P1CCC(=O)CC1c1ccccc1. The maximum atomic E-state index is 12.8. The first-order chi connectivity index (χ1) is 17.0. The third-order valence-corrected chi connectivity index (χ3v) is 10.4. The second-order valence-corrected chi connectivity index (χ2v) is 12.3. The van der Waals surface area contributed by atoms with Gasteiger partial charge in [-0.2, -0.15) is 0 Å². The normalized spacial score (nSPS) is 18.0. The van der Waals surface area contributed by atoms with Crippen molar-refractivity contribution in [2.45, 2.75) is 46.2 Å². The molecular weight excluding hydrogens is 443 g/mol. The van der Waals surface area contributed by atoms with Gasteiger partial charge in [-0.3, -0.25) is 4.79 Å². The molecule has 4 aromatic carbocycles. The number of carbonyl (C=O) groups excluding carboxylic acids is 1. The minimum absolute atomic E-state index is 0.251. The molecule has 5 rings (SSSR count). The summed E-state index contributed by atoms with van der Waals surface area (Å²) < 4.78 is 0. The summed E-state index contributed by atoms with van der Waals surface area (Å²) in [7, 11) is -0.592. The predicted molar refractivity (Wildman–Crippen MR) is 151 cm³/mol. The average Bonchev–Trinajstić information content (AvgIpc) is 2.85. The van der Waals surface area contributed by atoms with E-state index in [4.69, 9.17) is 0 Å². The van der Waals surface area contributed by atoms with Crippen molar-refractivity contribution in [3.63, 3.8) is 0 Å². The number of Topliss-reactive ketones (excluding diaryl/α,β-unsaturated/α-hetero) is 1. The summed E-state index contributed by atoms with van der Waals surface area (Å²) in [5, 5.41) is 1.47. The fourth-order valence-electron chi connectivity index (χ4n) is 5.80. The number of carbonyl (C=O) groups is 1. The lowest BCUT2D eigenvalue weighted by molar-refractivity contribution is -0.118. The standard InChI is InChI=1S/C33H33OP/c1-22-11-8-12-23(2)31(22)28-17-10-18-29(32-24(3)13-9-14-25(32)4)33(28)35-20-19-27(34)21-30(35)26-15-6-5-7-16-26/h5-18,30H,19-21H2,1-4H3. The first kappa shape index (κ1) is 23.7. The Balaban J connectivity index is 1.83. The van der Waals surface area contributed by atoms with E-state index in [2.05, 4.69) is 113 Å². The molecule has 35 heavy (non-hydrogen) atoms. The molecule has 0 bridgehead atoms. The predicted octanol–water partition coefficient (Wildman–Crippen LogP) is 8.47. The number of aryl methyl sites for hydroxylation is 4. The maximum absolute atomic E-state index is 12.8. The van der Waals surface area contributed by atoms with Crippen LogP contribution in [0.25, 0.3) is 22.3 Å². The Kier molecular flexibility index (Phi) is 6.72. The Hall–Kier alpha value is -3.02. The van der Waals surface area contributed by atoms with Gasteiger partial charge in [0.15, 0.2) is 0 Å². The van der Waals surface area contributed by atoms with Crippen molar-refractivity contribution in [3.8, 4) is 22.3 Å². The number of rotatable bonds is 4. The van der Waals surface area contributed by atoms with Crippen molar-refractivity contribution >= 4 is 19.0 Å². The zero-order chi connectivity index (χ0) is 24.5. The van der Waals surface area contributed by atoms with Crippen LogP contribution in [0.2, 0.25) is 0 Å². The molecule has 0 aromatic heterocycles. The van der Waals surface area contributed by atoms with Gasteiger partial charge in [0.1, 0.15) is 5.78 Å². The molecule has 0 spiro atoms. The van der Waals surface area contributed by atoms with Crippen LogP contribution in [0.1, 0.15) is 46.3 Å². The van der Waals surface area contributed by atoms with Crippen LogP contribution in [-0.2, 0) is 4.79 Å². The van der Waals surface area contributed by atoms with E-state index < -0.39 is 7.92 Å². The Bertz CT molecular complexity index is 1280. The molecule has 176 valence electrons. The summed E-state index contributed by atoms with van der Waals surface area (Å²) in [4.78, 5) is 12.8. The van der Waals surface area contributed by atoms with Gasteiger partial charge < -0.3 is 0 Å². The highest BCUT2D eigenvalue weighted by atomic mass is 31.1. The molecule has 2 heteroatoms. The van der Waals surface area contributed by atoms with E-state index in [9.17, 15) is 4.79 Å². The van der Waals surface area contributed by atoms with E-state index in [0.717, 1.165) is 6.16 Å². The van der Waals surface area contributed by atoms with Crippen molar-refractivity contribution in [2.75, 3.05) is 6.16 Å². The Morgan fingerprint density at radius 1 is 0.629 bits per heavy atom. The fourth-order valence-corrected chi connectivity index (χ4v) is 9.09. The summed E-state index contributed by atoms with van der Waals surface area (Å²) in [6, 6.07) is 30.8. The zero-order valence-electron chi connectivity index (χ0n) is 21.1. The summed E-state index contributed by atoms with van der Waals surface area (Å²) in [5.74, 6) is 0.399. The molecule has 1 heterocycles. The van der Waals surface area contributed by atoms with Gasteiger partial charge in [0.25, 0.3) is 0 Å². The van der Waals surface area contributed by atoms with Crippen molar-refractivity contribution in [3.05, 3.63) is 113 Å². The lowest BCUT2D eigenvalue weighted by Crippen LogP contribution is -2.23. The van der Waals surface area contributed by atoms with E-state index in [0.29, 0.717) is 18.6 Å². The van der Waals surface area contributed by atoms with Crippen LogP contribution in [0.3, 0.4) is 0 Å². The zero-order valence-corrected chi connectivity index (χ0v) is 22.0. The molecule has 1 nitrogen and oxygen atoms in total. The highest BCUT2D eigenvalue weighted by molar-refractivity contribution is 7.66. The van der Waals surface area contributed by atoms with Gasteiger partial charge >= 0.3 is 0 Å². The molecule has 1 aliphatic heterocycles. The monoisotopic (exact) mass is 476 g/mol. The first-order valence-corrected chi connectivity index (χ1v) is 14.1. The van der Waals surface area contributed by atoms with Gasteiger partial charge in [0.2, 0.25) is 0 Å². The minimum atomic E-state index is -0.592. The molecule has 0 radical (unpaired) electrons. The molecule has 0 aliphatic carbocycles.